The molecule has 0 saturated carbocycles. The summed E-state index contributed by atoms with van der Waals surface area (Å²) in [6.07, 6.45) is 4.70. The molecule has 0 aliphatic carbocycles. The normalized spacial score (nSPS) is 15.8. The summed E-state index contributed by atoms with van der Waals surface area (Å²) in [6, 6.07) is 5.43. The predicted molar refractivity (Wildman–Crippen MR) is 103 cm³/mol. The van der Waals surface area contributed by atoms with E-state index in [-0.39, 0.29) is 23.8 Å². The number of likely N-dealkylation sites (tertiary alicyclic amines) is 1. The summed E-state index contributed by atoms with van der Waals surface area (Å²) in [5.74, 6) is 0.137. The second-order valence-electron chi connectivity index (χ2n) is 6.65. The molecule has 2 rings (SSSR count). The number of hydrogen-bond donors (Lipinski definition) is 0. The molecule has 1 aliphatic heterocycles. The van der Waals surface area contributed by atoms with Crippen molar-refractivity contribution in [1.82, 2.24) is 9.80 Å². The maximum atomic E-state index is 12.4. The molecule has 0 aromatic heterocycles. The highest BCUT2D eigenvalue weighted by Crippen LogP contribution is 2.24. The van der Waals surface area contributed by atoms with E-state index in [1.165, 1.54) is 0 Å². The van der Waals surface area contributed by atoms with Crippen LogP contribution >= 0.6 is 23.2 Å². The molecule has 6 heteroatoms. The minimum absolute atomic E-state index is 0.00972. The van der Waals surface area contributed by atoms with Gasteiger partial charge in [-0.25, -0.2) is 0 Å². The van der Waals surface area contributed by atoms with E-state index in [9.17, 15) is 9.59 Å². The first-order valence-electron chi connectivity index (χ1n) is 8.48. The van der Waals surface area contributed by atoms with Gasteiger partial charge < -0.3 is 9.80 Å². The predicted octanol–water partition coefficient (Wildman–Crippen LogP) is 4.11. The molecule has 136 valence electrons. The number of piperidine rings is 1. The zero-order chi connectivity index (χ0) is 18.6. The van der Waals surface area contributed by atoms with E-state index < -0.39 is 0 Å². The molecule has 1 saturated heterocycles. The molecule has 0 bridgehead atoms. The third-order valence-electron chi connectivity index (χ3n) is 4.64. The van der Waals surface area contributed by atoms with Crippen molar-refractivity contribution in [3.8, 4) is 0 Å². The van der Waals surface area contributed by atoms with Gasteiger partial charge in [-0.05, 0) is 50.5 Å². The second-order valence-corrected chi connectivity index (χ2v) is 7.46. The Hall–Kier alpha value is -1.52. The van der Waals surface area contributed by atoms with E-state index >= 15 is 0 Å². The number of carbonyl (C=O) groups excluding carboxylic acids is 2. The van der Waals surface area contributed by atoms with Gasteiger partial charge in [0, 0.05) is 38.2 Å². The molecule has 1 heterocycles. The maximum absolute atomic E-state index is 12.4. The van der Waals surface area contributed by atoms with Gasteiger partial charge in [0.05, 0.1) is 10.0 Å². The van der Waals surface area contributed by atoms with Gasteiger partial charge >= 0.3 is 0 Å². The first-order chi connectivity index (χ1) is 11.8. The molecule has 1 fully saturated rings. The largest absolute Gasteiger partial charge is 0.343 e. The van der Waals surface area contributed by atoms with Crippen molar-refractivity contribution >= 4 is 41.1 Å². The monoisotopic (exact) mass is 382 g/mol. The van der Waals surface area contributed by atoms with Crippen molar-refractivity contribution < 1.29 is 9.59 Å². The number of amides is 2. The van der Waals surface area contributed by atoms with Gasteiger partial charge in [0.1, 0.15) is 0 Å². The van der Waals surface area contributed by atoms with E-state index in [1.807, 2.05) is 27.0 Å². The van der Waals surface area contributed by atoms with E-state index in [4.69, 9.17) is 23.2 Å². The Morgan fingerprint density at radius 2 is 1.84 bits per heavy atom. The highest BCUT2D eigenvalue weighted by molar-refractivity contribution is 6.42. The molecule has 4 nitrogen and oxygen atoms in total. The molecule has 0 N–H and O–H groups in total. The number of rotatable bonds is 4. The highest BCUT2D eigenvalue weighted by atomic mass is 35.5. The Balaban J connectivity index is 1.89. The molecule has 2 amide bonds. The smallest absolute Gasteiger partial charge is 0.246 e. The van der Waals surface area contributed by atoms with Crippen molar-refractivity contribution in [2.45, 2.75) is 32.7 Å². The Morgan fingerprint density at radius 3 is 2.40 bits per heavy atom. The molecule has 0 spiro atoms. The van der Waals surface area contributed by atoms with E-state index in [1.54, 1.807) is 34.1 Å². The average molecular weight is 383 g/mol. The molecular formula is C19H24Cl2N2O2. The first-order valence-corrected chi connectivity index (χ1v) is 9.24. The standard InChI is InChI=1S/C19H24Cl2N2O2/c1-13(2)22(3)19(25)15-8-10-23(11-9-15)18(24)7-5-14-4-6-16(20)17(21)12-14/h4-7,12-13,15H,8-11H2,1-3H3. The topological polar surface area (TPSA) is 40.6 Å². The van der Waals surface area contributed by atoms with Crippen LogP contribution in [0.25, 0.3) is 6.08 Å². The SMILES string of the molecule is CC(C)N(C)C(=O)C1CCN(C(=O)C=Cc2ccc(Cl)c(Cl)c2)CC1. The fraction of sp³-hybridized carbons (Fsp3) is 0.474. The maximum Gasteiger partial charge on any atom is 0.246 e. The van der Waals surface area contributed by atoms with Gasteiger partial charge in [0.2, 0.25) is 11.8 Å². The summed E-state index contributed by atoms with van der Waals surface area (Å²) < 4.78 is 0. The van der Waals surface area contributed by atoms with Gasteiger partial charge in [-0.15, -0.1) is 0 Å². The van der Waals surface area contributed by atoms with Crippen LogP contribution in [0.2, 0.25) is 10.0 Å². The molecule has 0 radical (unpaired) electrons. The zero-order valence-corrected chi connectivity index (χ0v) is 16.3. The van der Waals surface area contributed by atoms with E-state index in [0.29, 0.717) is 36.0 Å². The fourth-order valence-corrected chi connectivity index (χ4v) is 3.08. The summed E-state index contributed by atoms with van der Waals surface area (Å²) in [4.78, 5) is 28.3. The minimum atomic E-state index is -0.0471. The second kappa shape index (κ2) is 8.72. The quantitative estimate of drug-likeness (QED) is 0.735. The summed E-state index contributed by atoms with van der Waals surface area (Å²) in [5, 5.41) is 0.952. The number of nitrogens with zero attached hydrogens (tertiary/aromatic N) is 2. The van der Waals surface area contributed by atoms with Crippen LogP contribution in [-0.2, 0) is 9.59 Å². The minimum Gasteiger partial charge on any atom is -0.343 e. The van der Waals surface area contributed by atoms with Crippen LogP contribution in [-0.4, -0.2) is 47.8 Å². The van der Waals surface area contributed by atoms with Crippen LogP contribution in [0.5, 0.6) is 0 Å². The summed E-state index contributed by atoms with van der Waals surface area (Å²) in [7, 11) is 1.84. The lowest BCUT2D eigenvalue weighted by atomic mass is 9.95. The van der Waals surface area contributed by atoms with Crippen LogP contribution in [0.4, 0.5) is 0 Å². The molecule has 1 aromatic rings. The van der Waals surface area contributed by atoms with Crippen molar-refractivity contribution in [1.29, 1.82) is 0 Å². The van der Waals surface area contributed by atoms with Crippen LogP contribution < -0.4 is 0 Å². The third kappa shape index (κ3) is 5.23. The first kappa shape index (κ1) is 19.8. The molecule has 0 unspecified atom stereocenters. The molecule has 1 aliphatic rings. The molecule has 25 heavy (non-hydrogen) atoms. The van der Waals surface area contributed by atoms with Gasteiger partial charge in [-0.2, -0.15) is 0 Å². The van der Waals surface area contributed by atoms with Crippen molar-refractivity contribution in [3.63, 3.8) is 0 Å². The number of carbonyl (C=O) groups is 2. The Morgan fingerprint density at radius 1 is 1.20 bits per heavy atom. The summed E-state index contributed by atoms with van der Waals surface area (Å²) in [6.45, 7) is 5.22. The number of hydrogen-bond acceptors (Lipinski definition) is 2. The van der Waals surface area contributed by atoms with Crippen molar-refractivity contribution in [3.05, 3.63) is 39.9 Å². The van der Waals surface area contributed by atoms with Crippen LogP contribution in [0, 0.1) is 5.92 Å². The number of benzene rings is 1. The third-order valence-corrected chi connectivity index (χ3v) is 5.38. The van der Waals surface area contributed by atoms with Gasteiger partial charge in [-0.3, -0.25) is 9.59 Å². The molecule has 0 atom stereocenters. The van der Waals surface area contributed by atoms with Crippen LogP contribution in [0.15, 0.2) is 24.3 Å². The lowest BCUT2D eigenvalue weighted by Crippen LogP contribution is -2.44. The Kier molecular flexibility index (Phi) is 6.91. The summed E-state index contributed by atoms with van der Waals surface area (Å²) in [5.41, 5.74) is 0.825. The van der Waals surface area contributed by atoms with Gasteiger partial charge in [0.25, 0.3) is 0 Å². The van der Waals surface area contributed by atoms with Crippen LogP contribution in [0.1, 0.15) is 32.3 Å². The van der Waals surface area contributed by atoms with Gasteiger partial charge in [0.15, 0.2) is 0 Å². The molecular weight excluding hydrogens is 359 g/mol. The lowest BCUT2D eigenvalue weighted by molar-refractivity contribution is -0.139. The average Bonchev–Trinajstić information content (AvgIpc) is 2.61. The van der Waals surface area contributed by atoms with E-state index in [2.05, 4.69) is 0 Å². The molecule has 1 aromatic carbocycles. The fourth-order valence-electron chi connectivity index (χ4n) is 2.78. The van der Waals surface area contributed by atoms with Gasteiger partial charge in [-0.1, -0.05) is 29.3 Å². The van der Waals surface area contributed by atoms with Crippen molar-refractivity contribution in [2.75, 3.05) is 20.1 Å². The highest BCUT2D eigenvalue weighted by Gasteiger charge is 2.29. The zero-order valence-electron chi connectivity index (χ0n) is 14.8. The van der Waals surface area contributed by atoms with Crippen LogP contribution in [0.3, 0.4) is 0 Å². The van der Waals surface area contributed by atoms with Crippen molar-refractivity contribution in [2.24, 2.45) is 5.92 Å². The number of halogens is 2. The lowest BCUT2D eigenvalue weighted by Gasteiger charge is -2.33. The Bertz CT molecular complexity index is 665. The Labute approximate surface area is 159 Å². The summed E-state index contributed by atoms with van der Waals surface area (Å²) >= 11 is 11.9. The van der Waals surface area contributed by atoms with E-state index in [0.717, 1.165) is 5.56 Å².